The van der Waals surface area contributed by atoms with Crippen LogP contribution in [0.4, 0.5) is 0 Å². The minimum absolute atomic E-state index is 0. The van der Waals surface area contributed by atoms with E-state index >= 15 is 0 Å². The summed E-state index contributed by atoms with van der Waals surface area (Å²) in [7, 11) is 0. The van der Waals surface area contributed by atoms with Gasteiger partial charge in [-0.2, -0.15) is 0 Å². The van der Waals surface area contributed by atoms with Crippen molar-refractivity contribution in [2.45, 2.75) is 25.8 Å². The third kappa shape index (κ3) is 5.14. The highest BCUT2D eigenvalue weighted by atomic mass is 35.5. The van der Waals surface area contributed by atoms with Gasteiger partial charge in [-0.25, -0.2) is 0 Å². The Morgan fingerprint density at radius 1 is 1.38 bits per heavy atom. The Kier molecular flexibility index (Phi) is 7.60. The smallest absolute Gasteiger partial charge is 0.321 e. The summed E-state index contributed by atoms with van der Waals surface area (Å²) >= 11 is 0. The van der Waals surface area contributed by atoms with Gasteiger partial charge >= 0.3 is 5.97 Å². The topological polar surface area (TPSA) is 49.3 Å². The monoisotopic (exact) mass is 243 g/mol. The highest BCUT2D eigenvalue weighted by Crippen LogP contribution is 2.03. The summed E-state index contributed by atoms with van der Waals surface area (Å²) < 4.78 is 0. The first kappa shape index (κ1) is 14.9. The van der Waals surface area contributed by atoms with Crippen LogP contribution < -0.4 is 5.32 Å². The number of nitrogens with one attached hydrogen (secondary N) is 1. The predicted octanol–water partition coefficient (Wildman–Crippen LogP) is 2.10. The summed E-state index contributed by atoms with van der Waals surface area (Å²) in [6.45, 7) is 2.76. The molecule has 0 amide bonds. The van der Waals surface area contributed by atoms with Gasteiger partial charge in [-0.05, 0) is 24.9 Å². The van der Waals surface area contributed by atoms with Crippen molar-refractivity contribution in [2.24, 2.45) is 0 Å². The lowest BCUT2D eigenvalue weighted by Gasteiger charge is -2.13. The fourth-order valence-electron chi connectivity index (χ4n) is 1.42. The maximum absolute atomic E-state index is 10.9. The number of halogens is 1. The van der Waals surface area contributed by atoms with Gasteiger partial charge in [0.15, 0.2) is 0 Å². The van der Waals surface area contributed by atoms with Crippen LogP contribution in [0.1, 0.15) is 18.9 Å². The molecule has 1 rings (SSSR count). The molecule has 3 nitrogen and oxygen atoms in total. The second-order valence-corrected chi connectivity index (χ2v) is 3.53. The highest BCUT2D eigenvalue weighted by Gasteiger charge is 2.16. The van der Waals surface area contributed by atoms with Crippen molar-refractivity contribution in [1.29, 1.82) is 0 Å². The number of hydrogen-bond acceptors (Lipinski definition) is 2. The first-order valence-electron chi connectivity index (χ1n) is 5.24. The Morgan fingerprint density at radius 3 is 2.50 bits per heavy atom. The molecule has 0 saturated carbocycles. The molecule has 4 heteroatoms. The van der Waals surface area contributed by atoms with E-state index in [4.69, 9.17) is 5.11 Å². The van der Waals surface area contributed by atoms with Gasteiger partial charge in [0.2, 0.25) is 0 Å². The maximum Gasteiger partial charge on any atom is 0.321 e. The van der Waals surface area contributed by atoms with Gasteiger partial charge in [-0.15, -0.1) is 12.4 Å². The molecule has 1 aromatic rings. The summed E-state index contributed by atoms with van der Waals surface area (Å²) in [6.07, 6.45) is 1.48. The zero-order chi connectivity index (χ0) is 11.1. The molecule has 0 saturated heterocycles. The molecule has 0 radical (unpaired) electrons. The van der Waals surface area contributed by atoms with Crippen molar-refractivity contribution >= 4 is 18.4 Å². The molecule has 90 valence electrons. The average Bonchev–Trinajstić information content (AvgIpc) is 2.25. The Balaban J connectivity index is 0.00000225. The van der Waals surface area contributed by atoms with Crippen LogP contribution in [0.5, 0.6) is 0 Å². The van der Waals surface area contributed by atoms with Crippen molar-refractivity contribution in [3.8, 4) is 0 Å². The largest absolute Gasteiger partial charge is 0.480 e. The van der Waals surface area contributed by atoms with Gasteiger partial charge in [-0.3, -0.25) is 4.79 Å². The quantitative estimate of drug-likeness (QED) is 0.805. The minimum atomic E-state index is -0.785. The lowest BCUT2D eigenvalue weighted by Crippen LogP contribution is -2.38. The highest BCUT2D eigenvalue weighted by molar-refractivity contribution is 5.85. The lowest BCUT2D eigenvalue weighted by atomic mass is 10.1. The van der Waals surface area contributed by atoms with E-state index in [2.05, 4.69) is 5.32 Å². The van der Waals surface area contributed by atoms with Crippen LogP contribution in [-0.4, -0.2) is 23.7 Å². The van der Waals surface area contributed by atoms with Crippen LogP contribution >= 0.6 is 12.4 Å². The number of carboxylic acid groups (broad SMARTS) is 1. The van der Waals surface area contributed by atoms with Crippen LogP contribution in [0.3, 0.4) is 0 Å². The van der Waals surface area contributed by atoms with E-state index < -0.39 is 12.0 Å². The zero-order valence-corrected chi connectivity index (χ0v) is 10.2. The average molecular weight is 244 g/mol. The Bertz CT molecular complexity index is 303. The molecule has 1 unspecified atom stereocenters. The second kappa shape index (κ2) is 8.13. The van der Waals surface area contributed by atoms with Crippen molar-refractivity contribution < 1.29 is 9.90 Å². The molecule has 0 heterocycles. The number of carboxylic acids is 1. The normalized spacial score (nSPS) is 11.6. The van der Waals surface area contributed by atoms with E-state index in [-0.39, 0.29) is 12.4 Å². The fraction of sp³-hybridized carbons (Fsp3) is 0.417. The Morgan fingerprint density at radius 2 is 2.00 bits per heavy atom. The van der Waals surface area contributed by atoms with Crippen molar-refractivity contribution in [2.75, 3.05) is 6.54 Å². The molecular formula is C12H18ClNO2. The first-order chi connectivity index (χ1) is 7.24. The SMILES string of the molecule is CCCNC(Cc1ccccc1)C(=O)O.Cl. The first-order valence-corrected chi connectivity index (χ1v) is 5.24. The number of hydrogen-bond donors (Lipinski definition) is 2. The molecule has 1 atom stereocenters. The van der Waals surface area contributed by atoms with Crippen LogP contribution in [0.25, 0.3) is 0 Å². The Labute approximate surface area is 102 Å². The molecular weight excluding hydrogens is 226 g/mol. The molecule has 0 fully saturated rings. The van der Waals surface area contributed by atoms with E-state index in [0.717, 1.165) is 18.5 Å². The zero-order valence-electron chi connectivity index (χ0n) is 9.35. The number of rotatable bonds is 6. The molecule has 0 aromatic heterocycles. The van der Waals surface area contributed by atoms with E-state index in [1.165, 1.54) is 0 Å². The standard InChI is InChI=1S/C12H17NO2.ClH/c1-2-8-13-11(12(14)15)9-10-6-4-3-5-7-10;/h3-7,11,13H,2,8-9H2,1H3,(H,14,15);1H. The summed E-state index contributed by atoms with van der Waals surface area (Å²) in [6, 6.07) is 9.20. The maximum atomic E-state index is 10.9. The summed E-state index contributed by atoms with van der Waals surface area (Å²) in [4.78, 5) is 10.9. The number of aliphatic carboxylic acids is 1. The summed E-state index contributed by atoms with van der Waals surface area (Å²) in [5.74, 6) is -0.785. The van der Waals surface area contributed by atoms with Crippen LogP contribution in [0.15, 0.2) is 30.3 Å². The van der Waals surface area contributed by atoms with Crippen LogP contribution in [0.2, 0.25) is 0 Å². The Hall–Kier alpha value is -1.06. The van der Waals surface area contributed by atoms with Crippen molar-refractivity contribution in [1.82, 2.24) is 5.32 Å². The minimum Gasteiger partial charge on any atom is -0.480 e. The second-order valence-electron chi connectivity index (χ2n) is 3.53. The number of benzene rings is 1. The van der Waals surface area contributed by atoms with Gasteiger partial charge in [0, 0.05) is 0 Å². The van der Waals surface area contributed by atoms with E-state index in [1.807, 2.05) is 37.3 Å². The van der Waals surface area contributed by atoms with Crippen LogP contribution in [-0.2, 0) is 11.2 Å². The predicted molar refractivity (Wildman–Crippen MR) is 67.1 cm³/mol. The van der Waals surface area contributed by atoms with E-state index in [9.17, 15) is 4.79 Å². The molecule has 2 N–H and O–H groups in total. The molecule has 0 spiro atoms. The van der Waals surface area contributed by atoms with Gasteiger partial charge in [0.05, 0.1) is 0 Å². The van der Waals surface area contributed by atoms with Gasteiger partial charge in [0.1, 0.15) is 6.04 Å². The number of carbonyl (C=O) groups is 1. The molecule has 0 bridgehead atoms. The molecule has 0 aliphatic rings. The van der Waals surface area contributed by atoms with E-state index in [0.29, 0.717) is 6.42 Å². The lowest BCUT2D eigenvalue weighted by molar-refractivity contribution is -0.139. The third-order valence-corrected chi connectivity index (χ3v) is 2.22. The van der Waals surface area contributed by atoms with Gasteiger partial charge in [-0.1, -0.05) is 37.3 Å². The molecule has 0 aliphatic heterocycles. The van der Waals surface area contributed by atoms with Crippen molar-refractivity contribution in [3.05, 3.63) is 35.9 Å². The van der Waals surface area contributed by atoms with Crippen molar-refractivity contribution in [3.63, 3.8) is 0 Å². The van der Waals surface area contributed by atoms with Gasteiger partial charge in [0.25, 0.3) is 0 Å². The van der Waals surface area contributed by atoms with Gasteiger partial charge < -0.3 is 10.4 Å². The molecule has 1 aromatic carbocycles. The summed E-state index contributed by atoms with van der Waals surface area (Å²) in [5.41, 5.74) is 1.05. The van der Waals surface area contributed by atoms with Crippen LogP contribution in [0, 0.1) is 0 Å². The van der Waals surface area contributed by atoms with E-state index in [1.54, 1.807) is 0 Å². The molecule has 0 aliphatic carbocycles. The summed E-state index contributed by atoms with van der Waals surface area (Å²) in [5, 5.41) is 12.0. The fourth-order valence-corrected chi connectivity index (χ4v) is 1.42. The third-order valence-electron chi connectivity index (χ3n) is 2.22. The molecule has 16 heavy (non-hydrogen) atoms.